The molecule has 0 saturated heterocycles. The van der Waals surface area contributed by atoms with Crippen LogP contribution >= 0.6 is 0 Å². The van der Waals surface area contributed by atoms with E-state index in [0.29, 0.717) is 23.6 Å². The number of nitrogens with zero attached hydrogens (tertiary/aromatic N) is 1. The smallest absolute Gasteiger partial charge is 0.338 e. The van der Waals surface area contributed by atoms with Crippen LogP contribution in [0.5, 0.6) is 0 Å². The molecule has 23 heavy (non-hydrogen) atoms. The van der Waals surface area contributed by atoms with Crippen molar-refractivity contribution in [3.63, 3.8) is 0 Å². The Morgan fingerprint density at radius 3 is 2.70 bits per heavy atom. The average Bonchev–Trinajstić information content (AvgIpc) is 3.05. The van der Waals surface area contributed by atoms with Crippen LogP contribution in [0.3, 0.4) is 0 Å². The molecule has 0 aliphatic carbocycles. The second kappa shape index (κ2) is 6.48. The van der Waals surface area contributed by atoms with Gasteiger partial charge >= 0.3 is 5.97 Å². The molecule has 0 fully saturated rings. The third-order valence-electron chi connectivity index (χ3n) is 3.37. The maximum absolute atomic E-state index is 13.8. The van der Waals surface area contributed by atoms with Crippen LogP contribution in [0.25, 0.3) is 0 Å². The first-order valence-electron chi connectivity index (χ1n) is 7.21. The second-order valence-corrected chi connectivity index (χ2v) is 4.89. The summed E-state index contributed by atoms with van der Waals surface area (Å²) in [6, 6.07) is 13.1. The van der Waals surface area contributed by atoms with Crippen molar-refractivity contribution in [2.45, 2.75) is 13.2 Å². The number of hydrogen-bond donors (Lipinski definition) is 1. The summed E-state index contributed by atoms with van der Waals surface area (Å²) in [5.41, 5.74) is 1.58. The van der Waals surface area contributed by atoms with Gasteiger partial charge in [0, 0.05) is 5.56 Å². The summed E-state index contributed by atoms with van der Waals surface area (Å²) in [5, 5.41) is 6.95. The molecule has 1 N–H and O–H groups in total. The van der Waals surface area contributed by atoms with E-state index in [4.69, 9.17) is 9.57 Å². The number of carbonyl (C=O) groups is 1. The van der Waals surface area contributed by atoms with Gasteiger partial charge in [0.2, 0.25) is 6.23 Å². The van der Waals surface area contributed by atoms with Crippen molar-refractivity contribution in [1.82, 2.24) is 5.32 Å². The number of amidine groups is 1. The summed E-state index contributed by atoms with van der Waals surface area (Å²) in [6.45, 7) is 2.08. The van der Waals surface area contributed by atoms with Crippen molar-refractivity contribution in [2.24, 2.45) is 5.16 Å². The highest BCUT2D eigenvalue weighted by Crippen LogP contribution is 2.23. The van der Waals surface area contributed by atoms with Gasteiger partial charge in [0.1, 0.15) is 5.82 Å². The van der Waals surface area contributed by atoms with Crippen molar-refractivity contribution in [1.29, 1.82) is 0 Å². The van der Waals surface area contributed by atoms with Crippen LogP contribution in [0, 0.1) is 5.82 Å². The van der Waals surface area contributed by atoms with Crippen LogP contribution in [0.1, 0.15) is 34.6 Å². The second-order valence-electron chi connectivity index (χ2n) is 4.89. The molecule has 0 radical (unpaired) electrons. The molecule has 1 aliphatic rings. The summed E-state index contributed by atoms with van der Waals surface area (Å²) >= 11 is 0. The minimum atomic E-state index is -0.670. The zero-order valence-corrected chi connectivity index (χ0v) is 12.5. The molecule has 0 saturated carbocycles. The zero-order chi connectivity index (χ0) is 16.2. The Morgan fingerprint density at radius 1 is 1.26 bits per heavy atom. The van der Waals surface area contributed by atoms with Crippen LogP contribution in [-0.4, -0.2) is 18.4 Å². The van der Waals surface area contributed by atoms with Gasteiger partial charge < -0.3 is 14.9 Å². The first-order valence-corrected chi connectivity index (χ1v) is 7.21. The molecule has 5 nitrogen and oxygen atoms in total. The Balaban J connectivity index is 1.72. The first-order chi connectivity index (χ1) is 11.2. The lowest BCUT2D eigenvalue weighted by Gasteiger charge is -2.11. The molecule has 3 rings (SSSR count). The number of oxime groups is 1. The van der Waals surface area contributed by atoms with E-state index in [0.717, 1.165) is 5.56 Å². The lowest BCUT2D eigenvalue weighted by atomic mass is 10.1. The van der Waals surface area contributed by atoms with Crippen molar-refractivity contribution < 1.29 is 18.8 Å². The molecule has 2 aromatic carbocycles. The molecule has 0 aromatic heterocycles. The molecular formula is C17H15FN2O3. The van der Waals surface area contributed by atoms with Gasteiger partial charge in [-0.25, -0.2) is 9.18 Å². The molecule has 0 amide bonds. The highest BCUT2D eigenvalue weighted by atomic mass is 19.1. The van der Waals surface area contributed by atoms with Crippen molar-refractivity contribution in [2.75, 3.05) is 6.61 Å². The summed E-state index contributed by atoms with van der Waals surface area (Å²) in [6.07, 6.45) is -0.670. The lowest BCUT2D eigenvalue weighted by molar-refractivity contribution is 0.0526. The largest absolute Gasteiger partial charge is 0.462 e. The fraction of sp³-hybridized carbons (Fsp3) is 0.176. The van der Waals surface area contributed by atoms with Crippen LogP contribution in [0.2, 0.25) is 0 Å². The molecule has 0 bridgehead atoms. The molecular weight excluding hydrogens is 299 g/mol. The molecule has 118 valence electrons. The van der Waals surface area contributed by atoms with Gasteiger partial charge in [-0.2, -0.15) is 0 Å². The van der Waals surface area contributed by atoms with E-state index < -0.39 is 6.23 Å². The number of rotatable bonds is 4. The predicted octanol–water partition coefficient (Wildman–Crippen LogP) is 2.98. The van der Waals surface area contributed by atoms with Crippen molar-refractivity contribution in [3.05, 3.63) is 71.0 Å². The molecule has 1 atom stereocenters. The SMILES string of the molecule is CCOC(=O)c1ccc(C2=NOC(c3ccccc3F)N2)cc1. The highest BCUT2D eigenvalue weighted by molar-refractivity contribution is 6.00. The standard InChI is InChI=1S/C17H15FN2O3/c1-2-22-17(21)12-9-7-11(8-10-12)15-19-16(23-20-15)13-5-3-4-6-14(13)18/h3-10,16H,2H2,1H3,(H,19,20). The molecule has 1 unspecified atom stereocenters. The Hall–Kier alpha value is -2.89. The van der Waals surface area contributed by atoms with Crippen LogP contribution in [-0.2, 0) is 9.57 Å². The fourth-order valence-electron chi connectivity index (χ4n) is 2.22. The van der Waals surface area contributed by atoms with Crippen LogP contribution < -0.4 is 5.32 Å². The molecule has 0 spiro atoms. The zero-order valence-electron chi connectivity index (χ0n) is 12.5. The number of ether oxygens (including phenoxy) is 1. The van der Waals surface area contributed by atoms with Crippen LogP contribution in [0.15, 0.2) is 53.7 Å². The minimum absolute atomic E-state index is 0.326. The number of esters is 1. The number of hydrogen-bond acceptors (Lipinski definition) is 5. The summed E-state index contributed by atoms with van der Waals surface area (Å²) in [4.78, 5) is 16.9. The average molecular weight is 314 g/mol. The predicted molar refractivity (Wildman–Crippen MR) is 82.3 cm³/mol. The number of benzene rings is 2. The van der Waals surface area contributed by atoms with E-state index >= 15 is 0 Å². The lowest BCUT2D eigenvalue weighted by Crippen LogP contribution is -2.24. The van der Waals surface area contributed by atoms with Gasteiger partial charge in [0.25, 0.3) is 0 Å². The van der Waals surface area contributed by atoms with Gasteiger partial charge in [-0.3, -0.25) is 0 Å². The minimum Gasteiger partial charge on any atom is -0.462 e. The summed E-state index contributed by atoms with van der Waals surface area (Å²) in [5.74, 6) is -0.256. The quantitative estimate of drug-likeness (QED) is 0.881. The Bertz CT molecular complexity index is 744. The maximum Gasteiger partial charge on any atom is 0.338 e. The van der Waals surface area contributed by atoms with Crippen molar-refractivity contribution in [3.8, 4) is 0 Å². The van der Waals surface area contributed by atoms with Gasteiger partial charge in [-0.1, -0.05) is 35.5 Å². The number of halogens is 1. The van der Waals surface area contributed by atoms with E-state index in [1.54, 1.807) is 49.4 Å². The monoisotopic (exact) mass is 314 g/mol. The Morgan fingerprint density at radius 2 is 2.00 bits per heavy atom. The van der Waals surface area contributed by atoms with E-state index in [1.165, 1.54) is 6.07 Å². The van der Waals surface area contributed by atoms with Crippen LogP contribution in [0.4, 0.5) is 4.39 Å². The third kappa shape index (κ3) is 3.15. The highest BCUT2D eigenvalue weighted by Gasteiger charge is 2.24. The van der Waals surface area contributed by atoms with Gasteiger partial charge in [0.15, 0.2) is 5.84 Å². The Kier molecular flexibility index (Phi) is 4.23. The molecule has 1 heterocycles. The van der Waals surface area contributed by atoms with Gasteiger partial charge in [-0.05, 0) is 25.1 Å². The van der Waals surface area contributed by atoms with Gasteiger partial charge in [-0.15, -0.1) is 0 Å². The topological polar surface area (TPSA) is 59.9 Å². The maximum atomic E-state index is 13.8. The molecule has 1 aliphatic heterocycles. The fourth-order valence-corrected chi connectivity index (χ4v) is 2.22. The number of carbonyl (C=O) groups excluding carboxylic acids is 1. The number of nitrogens with one attached hydrogen (secondary N) is 1. The Labute approximate surface area is 132 Å². The van der Waals surface area contributed by atoms with E-state index in [2.05, 4.69) is 10.5 Å². The van der Waals surface area contributed by atoms with E-state index in [-0.39, 0.29) is 11.8 Å². The first kappa shape index (κ1) is 15.0. The van der Waals surface area contributed by atoms with Gasteiger partial charge in [0.05, 0.1) is 17.7 Å². The summed E-state index contributed by atoms with van der Waals surface area (Å²) < 4.78 is 18.7. The molecule has 6 heteroatoms. The van der Waals surface area contributed by atoms with E-state index in [9.17, 15) is 9.18 Å². The van der Waals surface area contributed by atoms with Crippen molar-refractivity contribution >= 4 is 11.8 Å². The third-order valence-corrected chi connectivity index (χ3v) is 3.37. The van der Waals surface area contributed by atoms with E-state index in [1.807, 2.05) is 0 Å². The molecule has 2 aromatic rings. The normalized spacial score (nSPS) is 16.3. The summed E-state index contributed by atoms with van der Waals surface area (Å²) in [7, 11) is 0.